The fraction of sp³-hybridized carbons (Fsp3) is 0.773. The Labute approximate surface area is 168 Å². The molecule has 2 amide bonds. The van der Waals surface area contributed by atoms with E-state index in [-0.39, 0.29) is 23.7 Å². The molecule has 1 aliphatic heterocycles. The average molecular weight is 387 g/mol. The second-order valence-electron chi connectivity index (χ2n) is 9.09. The highest BCUT2D eigenvalue weighted by atomic mass is 16.2. The van der Waals surface area contributed by atoms with Crippen LogP contribution >= 0.6 is 0 Å². The van der Waals surface area contributed by atoms with Gasteiger partial charge in [0.25, 0.3) is 0 Å². The summed E-state index contributed by atoms with van der Waals surface area (Å²) in [6.07, 6.45) is 12.5. The first-order chi connectivity index (χ1) is 13.6. The number of amides is 2. The number of guanidine groups is 1. The molecule has 4 unspecified atom stereocenters. The third-order valence-corrected chi connectivity index (χ3v) is 7.68. The lowest BCUT2D eigenvalue weighted by atomic mass is 9.83. The van der Waals surface area contributed by atoms with Crippen LogP contribution in [0.4, 0.5) is 0 Å². The number of imide groups is 1. The normalized spacial score (nSPS) is 33.1. The number of fused-ring (bicyclic) bond motifs is 5. The van der Waals surface area contributed by atoms with Gasteiger partial charge in [0, 0.05) is 26.7 Å². The van der Waals surface area contributed by atoms with Crippen molar-refractivity contribution in [2.75, 3.05) is 26.7 Å². The second kappa shape index (κ2) is 7.88. The van der Waals surface area contributed by atoms with Crippen LogP contribution in [0.5, 0.6) is 0 Å². The Balaban J connectivity index is 1.21. The number of allylic oxidation sites excluding steroid dienone is 2. The SMILES string of the molecule is CCC1(CNC(=NC)NCCCN2C(=O)C3C4C=CC(C4)C3C2=O)CCCC1. The van der Waals surface area contributed by atoms with Crippen molar-refractivity contribution < 1.29 is 9.59 Å². The van der Waals surface area contributed by atoms with Gasteiger partial charge in [0.15, 0.2) is 5.96 Å². The van der Waals surface area contributed by atoms with Crippen molar-refractivity contribution in [2.24, 2.45) is 34.1 Å². The first-order valence-electron chi connectivity index (χ1n) is 11.1. The molecule has 1 saturated heterocycles. The topological polar surface area (TPSA) is 73.8 Å². The zero-order valence-electron chi connectivity index (χ0n) is 17.2. The van der Waals surface area contributed by atoms with Crippen molar-refractivity contribution in [2.45, 2.75) is 51.9 Å². The van der Waals surface area contributed by atoms with E-state index in [2.05, 4.69) is 34.7 Å². The van der Waals surface area contributed by atoms with E-state index >= 15 is 0 Å². The van der Waals surface area contributed by atoms with Crippen molar-refractivity contribution in [3.05, 3.63) is 12.2 Å². The van der Waals surface area contributed by atoms with Gasteiger partial charge in [-0.25, -0.2) is 0 Å². The highest BCUT2D eigenvalue weighted by molar-refractivity contribution is 6.06. The number of likely N-dealkylation sites (tertiary alicyclic amines) is 1. The zero-order chi connectivity index (χ0) is 19.7. The first kappa shape index (κ1) is 19.5. The summed E-state index contributed by atoms with van der Waals surface area (Å²) in [7, 11) is 1.79. The Kier molecular flexibility index (Phi) is 5.48. The summed E-state index contributed by atoms with van der Waals surface area (Å²) in [4.78, 5) is 31.3. The lowest BCUT2D eigenvalue weighted by molar-refractivity contribution is -0.140. The maximum Gasteiger partial charge on any atom is 0.233 e. The maximum absolute atomic E-state index is 12.7. The van der Waals surface area contributed by atoms with Gasteiger partial charge in [-0.15, -0.1) is 0 Å². The van der Waals surface area contributed by atoms with Gasteiger partial charge in [-0.1, -0.05) is 31.9 Å². The highest BCUT2D eigenvalue weighted by Crippen LogP contribution is 2.52. The van der Waals surface area contributed by atoms with E-state index in [1.165, 1.54) is 37.0 Å². The standard InChI is InChI=1S/C22H34N4O2/c1-3-22(9-4-5-10-22)14-25-21(23-2)24-11-6-12-26-19(27)17-15-7-8-16(13-15)18(17)20(26)28/h7-8,15-18H,3-6,9-14H2,1-2H3,(H2,23,24,25). The molecule has 0 aromatic heterocycles. The molecular formula is C22H34N4O2. The Morgan fingerprint density at radius 2 is 1.79 bits per heavy atom. The van der Waals surface area contributed by atoms with Crippen LogP contribution in [-0.4, -0.2) is 49.4 Å². The highest BCUT2D eigenvalue weighted by Gasteiger charge is 2.58. The number of hydrogen-bond donors (Lipinski definition) is 2. The number of aliphatic imine (C=N–C) groups is 1. The Morgan fingerprint density at radius 3 is 2.36 bits per heavy atom. The van der Waals surface area contributed by atoms with Crippen LogP contribution in [0, 0.1) is 29.1 Å². The summed E-state index contributed by atoms with van der Waals surface area (Å²) in [6, 6.07) is 0. The quantitative estimate of drug-likeness (QED) is 0.232. The van der Waals surface area contributed by atoms with E-state index in [1.807, 2.05) is 0 Å². The van der Waals surface area contributed by atoms with E-state index in [0.29, 0.717) is 30.3 Å². The molecule has 2 bridgehead atoms. The van der Waals surface area contributed by atoms with E-state index in [1.54, 1.807) is 7.05 Å². The predicted molar refractivity (Wildman–Crippen MR) is 110 cm³/mol. The molecular weight excluding hydrogens is 352 g/mol. The zero-order valence-corrected chi connectivity index (χ0v) is 17.2. The van der Waals surface area contributed by atoms with Gasteiger partial charge in [0.05, 0.1) is 11.8 Å². The number of nitrogens with zero attached hydrogens (tertiary/aromatic N) is 2. The monoisotopic (exact) mass is 386 g/mol. The lowest BCUT2D eigenvalue weighted by Gasteiger charge is -2.28. The minimum Gasteiger partial charge on any atom is -0.356 e. The van der Waals surface area contributed by atoms with Gasteiger partial charge in [-0.3, -0.25) is 19.5 Å². The van der Waals surface area contributed by atoms with E-state index in [0.717, 1.165) is 25.3 Å². The minimum atomic E-state index is -0.0819. The Hall–Kier alpha value is -1.85. The van der Waals surface area contributed by atoms with Crippen LogP contribution in [-0.2, 0) is 9.59 Å². The molecule has 0 spiro atoms. The summed E-state index contributed by atoms with van der Waals surface area (Å²) in [5.74, 6) is 1.35. The number of carbonyl (C=O) groups is 2. The molecule has 3 aliphatic carbocycles. The van der Waals surface area contributed by atoms with Crippen molar-refractivity contribution in [3.8, 4) is 0 Å². The summed E-state index contributed by atoms with van der Waals surface area (Å²) >= 11 is 0. The first-order valence-corrected chi connectivity index (χ1v) is 11.1. The Morgan fingerprint density at radius 1 is 1.14 bits per heavy atom. The summed E-state index contributed by atoms with van der Waals surface area (Å²) < 4.78 is 0. The maximum atomic E-state index is 12.7. The van der Waals surface area contributed by atoms with Crippen molar-refractivity contribution >= 4 is 17.8 Å². The van der Waals surface area contributed by atoms with Crippen molar-refractivity contribution in [1.29, 1.82) is 0 Å². The largest absolute Gasteiger partial charge is 0.356 e. The van der Waals surface area contributed by atoms with Gasteiger partial charge in [-0.05, 0) is 49.4 Å². The van der Waals surface area contributed by atoms with Crippen molar-refractivity contribution in [3.63, 3.8) is 0 Å². The van der Waals surface area contributed by atoms with E-state index in [9.17, 15) is 9.59 Å². The number of nitrogens with one attached hydrogen (secondary N) is 2. The number of rotatable bonds is 7. The van der Waals surface area contributed by atoms with Gasteiger partial charge in [0.1, 0.15) is 0 Å². The van der Waals surface area contributed by atoms with E-state index < -0.39 is 0 Å². The predicted octanol–water partition coefficient (Wildman–Crippen LogP) is 2.32. The van der Waals surface area contributed by atoms with E-state index in [4.69, 9.17) is 0 Å². The molecule has 2 N–H and O–H groups in total. The molecule has 6 nitrogen and oxygen atoms in total. The summed E-state index contributed by atoms with van der Waals surface area (Å²) in [6.45, 7) is 4.46. The molecule has 0 aromatic carbocycles. The van der Waals surface area contributed by atoms with Crippen LogP contribution < -0.4 is 10.6 Å². The molecule has 0 radical (unpaired) electrons. The molecule has 6 heteroatoms. The molecule has 154 valence electrons. The third-order valence-electron chi connectivity index (χ3n) is 7.68. The fourth-order valence-electron chi connectivity index (χ4n) is 5.90. The fourth-order valence-corrected chi connectivity index (χ4v) is 5.90. The van der Waals surface area contributed by atoms with Crippen LogP contribution in [0.2, 0.25) is 0 Å². The second-order valence-corrected chi connectivity index (χ2v) is 9.09. The molecule has 4 aliphatic rings. The van der Waals surface area contributed by atoms with Gasteiger partial charge < -0.3 is 10.6 Å². The molecule has 0 aromatic rings. The summed E-state index contributed by atoms with van der Waals surface area (Å²) in [5.41, 5.74) is 0.414. The minimum absolute atomic E-state index is 0.0560. The molecule has 4 rings (SSSR count). The smallest absolute Gasteiger partial charge is 0.233 e. The molecule has 2 saturated carbocycles. The average Bonchev–Trinajstić information content (AvgIpc) is 3.48. The third kappa shape index (κ3) is 3.35. The molecule has 28 heavy (non-hydrogen) atoms. The van der Waals surface area contributed by atoms with Crippen LogP contribution in [0.25, 0.3) is 0 Å². The molecule has 4 atom stereocenters. The van der Waals surface area contributed by atoms with Gasteiger partial charge in [-0.2, -0.15) is 0 Å². The van der Waals surface area contributed by atoms with Crippen molar-refractivity contribution in [1.82, 2.24) is 15.5 Å². The van der Waals surface area contributed by atoms with Gasteiger partial charge in [0.2, 0.25) is 11.8 Å². The lowest BCUT2D eigenvalue weighted by Crippen LogP contribution is -2.43. The Bertz CT molecular complexity index is 650. The van der Waals surface area contributed by atoms with Gasteiger partial charge >= 0.3 is 0 Å². The van der Waals surface area contributed by atoms with Crippen LogP contribution in [0.1, 0.15) is 51.9 Å². The summed E-state index contributed by atoms with van der Waals surface area (Å²) in [5, 5.41) is 6.83. The van der Waals surface area contributed by atoms with Crippen LogP contribution in [0.3, 0.4) is 0 Å². The number of hydrogen-bond acceptors (Lipinski definition) is 3. The molecule has 3 fully saturated rings. The molecule has 1 heterocycles. The van der Waals surface area contributed by atoms with Crippen LogP contribution in [0.15, 0.2) is 17.1 Å². The number of carbonyl (C=O) groups excluding carboxylic acids is 2.